The molecule has 0 unspecified atom stereocenters. The van der Waals surface area contributed by atoms with Crippen molar-refractivity contribution in [1.82, 2.24) is 4.31 Å². The molecule has 0 spiro atoms. The first-order chi connectivity index (χ1) is 11.5. The Bertz CT molecular complexity index is 844. The Labute approximate surface area is 148 Å². The molecule has 0 aromatic carbocycles. The smallest absolute Gasteiger partial charge is 0.337 e. The van der Waals surface area contributed by atoms with Crippen LogP contribution in [0.5, 0.6) is 0 Å². The highest BCUT2D eigenvalue weighted by Crippen LogP contribution is 2.32. The standard InChI is InChI=1S/C16H17NO4S3/c18-16(19)13(11-12-5-4-10-22-12)14-6-7-15(23-14)24(20,21)17-8-2-1-3-9-17/h4-7,10-11H,1-3,8-9H2,(H,18,19)/b13-11-. The number of hydrogen-bond donors (Lipinski definition) is 1. The van der Waals surface area contributed by atoms with Gasteiger partial charge < -0.3 is 5.11 Å². The molecule has 1 aliphatic heterocycles. The predicted octanol–water partition coefficient (Wildman–Crippen LogP) is 3.61. The molecule has 1 saturated heterocycles. The summed E-state index contributed by atoms with van der Waals surface area (Å²) in [6, 6.07) is 6.76. The molecule has 2 aromatic rings. The average Bonchev–Trinajstić information content (AvgIpc) is 3.25. The van der Waals surface area contributed by atoms with Crippen LogP contribution in [0.4, 0.5) is 0 Å². The highest BCUT2D eigenvalue weighted by atomic mass is 32.2. The summed E-state index contributed by atoms with van der Waals surface area (Å²) in [5.41, 5.74) is 0.113. The fraction of sp³-hybridized carbons (Fsp3) is 0.312. The SMILES string of the molecule is O=C(O)/C(=C\c1cccs1)c1ccc(S(=O)(=O)N2CCCCC2)s1. The first-order valence-corrected chi connectivity index (χ1v) is 10.7. The minimum atomic E-state index is -3.53. The third kappa shape index (κ3) is 3.61. The second-order valence-corrected chi connectivity index (χ2v) is 9.69. The third-order valence-electron chi connectivity index (χ3n) is 3.82. The van der Waals surface area contributed by atoms with Gasteiger partial charge in [-0.25, -0.2) is 13.2 Å². The van der Waals surface area contributed by atoms with Gasteiger partial charge in [-0.05, 0) is 42.5 Å². The largest absolute Gasteiger partial charge is 0.478 e. The summed E-state index contributed by atoms with van der Waals surface area (Å²) in [4.78, 5) is 12.8. The molecule has 3 rings (SSSR count). The quantitative estimate of drug-likeness (QED) is 0.801. The van der Waals surface area contributed by atoms with Crippen molar-refractivity contribution in [3.8, 4) is 0 Å². The maximum absolute atomic E-state index is 12.7. The molecule has 1 fully saturated rings. The van der Waals surface area contributed by atoms with Crippen molar-refractivity contribution in [2.24, 2.45) is 0 Å². The molecule has 0 aliphatic carbocycles. The summed E-state index contributed by atoms with van der Waals surface area (Å²) in [6.07, 6.45) is 4.37. The Balaban J connectivity index is 1.92. The van der Waals surface area contributed by atoms with Crippen molar-refractivity contribution in [1.29, 1.82) is 0 Å². The van der Waals surface area contributed by atoms with Crippen molar-refractivity contribution in [2.75, 3.05) is 13.1 Å². The topological polar surface area (TPSA) is 74.7 Å². The number of carbonyl (C=O) groups is 1. The van der Waals surface area contributed by atoms with E-state index in [1.807, 2.05) is 17.5 Å². The molecule has 5 nitrogen and oxygen atoms in total. The number of nitrogens with zero attached hydrogens (tertiary/aromatic N) is 1. The van der Waals surface area contributed by atoms with Crippen LogP contribution < -0.4 is 0 Å². The van der Waals surface area contributed by atoms with Crippen LogP contribution in [0.25, 0.3) is 11.6 Å². The Kier molecular flexibility index (Phi) is 5.19. The molecule has 0 saturated carbocycles. The number of carboxylic acid groups (broad SMARTS) is 1. The van der Waals surface area contributed by atoms with Crippen LogP contribution in [0.3, 0.4) is 0 Å². The van der Waals surface area contributed by atoms with Gasteiger partial charge in [-0.3, -0.25) is 0 Å². The lowest BCUT2D eigenvalue weighted by Crippen LogP contribution is -2.35. The van der Waals surface area contributed by atoms with E-state index in [9.17, 15) is 18.3 Å². The van der Waals surface area contributed by atoms with Crippen molar-refractivity contribution in [2.45, 2.75) is 23.5 Å². The van der Waals surface area contributed by atoms with E-state index < -0.39 is 16.0 Å². The van der Waals surface area contributed by atoms with Crippen molar-refractivity contribution < 1.29 is 18.3 Å². The zero-order valence-corrected chi connectivity index (χ0v) is 15.3. The molecular formula is C16H17NO4S3. The molecule has 2 aromatic heterocycles. The summed E-state index contributed by atoms with van der Waals surface area (Å²) < 4.78 is 27.1. The second kappa shape index (κ2) is 7.18. The normalized spacial score (nSPS) is 17.1. The van der Waals surface area contributed by atoms with Gasteiger partial charge in [0.1, 0.15) is 4.21 Å². The van der Waals surface area contributed by atoms with Gasteiger partial charge in [0, 0.05) is 22.8 Å². The number of aliphatic carboxylic acids is 1. The van der Waals surface area contributed by atoms with Gasteiger partial charge in [0.25, 0.3) is 10.0 Å². The number of sulfonamides is 1. The van der Waals surface area contributed by atoms with Crippen LogP contribution in [0.2, 0.25) is 0 Å². The number of piperidine rings is 1. The monoisotopic (exact) mass is 383 g/mol. The van der Waals surface area contributed by atoms with Crippen LogP contribution in [-0.2, 0) is 14.8 Å². The van der Waals surface area contributed by atoms with Gasteiger partial charge in [0.15, 0.2) is 0 Å². The summed E-state index contributed by atoms with van der Waals surface area (Å²) in [5.74, 6) is -1.06. The number of thiophene rings is 2. The first-order valence-electron chi connectivity index (χ1n) is 7.57. The van der Waals surface area contributed by atoms with E-state index in [4.69, 9.17) is 0 Å². The summed E-state index contributed by atoms with van der Waals surface area (Å²) in [6.45, 7) is 1.07. The lowest BCUT2D eigenvalue weighted by atomic mass is 10.2. The predicted molar refractivity (Wildman–Crippen MR) is 96.8 cm³/mol. The van der Waals surface area contributed by atoms with Crippen molar-refractivity contribution >= 4 is 50.3 Å². The van der Waals surface area contributed by atoms with Crippen molar-refractivity contribution in [3.63, 3.8) is 0 Å². The fourth-order valence-electron chi connectivity index (χ4n) is 2.59. The van der Waals surface area contributed by atoms with E-state index in [2.05, 4.69) is 0 Å². The molecule has 24 heavy (non-hydrogen) atoms. The molecule has 1 aliphatic rings. The molecule has 0 atom stereocenters. The van der Waals surface area contributed by atoms with Crippen LogP contribution in [0.15, 0.2) is 33.9 Å². The third-order valence-corrected chi connectivity index (χ3v) is 8.12. The maximum atomic E-state index is 12.7. The van der Waals surface area contributed by atoms with Gasteiger partial charge in [-0.15, -0.1) is 22.7 Å². The first kappa shape index (κ1) is 17.3. The Morgan fingerprint density at radius 3 is 2.54 bits per heavy atom. The Morgan fingerprint density at radius 1 is 1.17 bits per heavy atom. The van der Waals surface area contributed by atoms with E-state index in [1.165, 1.54) is 21.7 Å². The Hall–Kier alpha value is -1.48. The minimum absolute atomic E-state index is 0.113. The summed E-state index contributed by atoms with van der Waals surface area (Å²) >= 11 is 2.45. The molecular weight excluding hydrogens is 366 g/mol. The van der Waals surface area contributed by atoms with Gasteiger partial charge in [-0.1, -0.05) is 12.5 Å². The second-order valence-electron chi connectivity index (χ2n) is 5.46. The summed E-state index contributed by atoms with van der Waals surface area (Å²) in [5, 5.41) is 11.3. The molecule has 0 bridgehead atoms. The van der Waals surface area contributed by atoms with Gasteiger partial charge in [-0.2, -0.15) is 4.31 Å². The minimum Gasteiger partial charge on any atom is -0.478 e. The Morgan fingerprint density at radius 2 is 1.92 bits per heavy atom. The van der Waals surface area contributed by atoms with Gasteiger partial charge in [0.2, 0.25) is 0 Å². The molecule has 8 heteroatoms. The van der Waals surface area contributed by atoms with E-state index in [-0.39, 0.29) is 9.78 Å². The number of carboxylic acids is 1. The van der Waals surface area contributed by atoms with Crippen LogP contribution >= 0.6 is 22.7 Å². The van der Waals surface area contributed by atoms with Crippen molar-refractivity contribution in [3.05, 3.63) is 39.4 Å². The van der Waals surface area contributed by atoms with E-state index in [0.29, 0.717) is 18.0 Å². The summed E-state index contributed by atoms with van der Waals surface area (Å²) in [7, 11) is -3.53. The average molecular weight is 384 g/mol. The number of rotatable bonds is 5. The highest BCUT2D eigenvalue weighted by Gasteiger charge is 2.28. The maximum Gasteiger partial charge on any atom is 0.337 e. The van der Waals surface area contributed by atoms with Crippen LogP contribution in [0.1, 0.15) is 29.0 Å². The van der Waals surface area contributed by atoms with Gasteiger partial charge >= 0.3 is 5.97 Å². The van der Waals surface area contributed by atoms with E-state index in [1.54, 1.807) is 12.1 Å². The fourth-order valence-corrected chi connectivity index (χ4v) is 6.23. The highest BCUT2D eigenvalue weighted by molar-refractivity contribution is 7.91. The lowest BCUT2D eigenvalue weighted by Gasteiger charge is -2.25. The lowest BCUT2D eigenvalue weighted by molar-refractivity contribution is -0.130. The molecule has 1 N–H and O–H groups in total. The molecule has 3 heterocycles. The zero-order chi connectivity index (χ0) is 17.2. The molecule has 0 amide bonds. The van der Waals surface area contributed by atoms with E-state index in [0.717, 1.165) is 35.5 Å². The van der Waals surface area contributed by atoms with Crippen LogP contribution in [-0.4, -0.2) is 36.9 Å². The van der Waals surface area contributed by atoms with Gasteiger partial charge in [0.05, 0.1) is 5.57 Å². The number of hydrogen-bond acceptors (Lipinski definition) is 5. The molecule has 128 valence electrons. The molecule has 0 radical (unpaired) electrons. The zero-order valence-electron chi connectivity index (χ0n) is 12.8. The van der Waals surface area contributed by atoms with E-state index >= 15 is 0 Å². The van der Waals surface area contributed by atoms with Crippen LogP contribution in [0, 0.1) is 0 Å².